The highest BCUT2D eigenvalue weighted by atomic mass is 35.5. The second-order valence-electron chi connectivity index (χ2n) is 4.62. The average molecular weight is 359 g/mol. The molecule has 0 unspecified atom stereocenters. The van der Waals surface area contributed by atoms with Crippen LogP contribution in [-0.4, -0.2) is 23.0 Å². The molecule has 1 atom stereocenters. The Morgan fingerprint density at radius 1 is 1.21 bits per heavy atom. The van der Waals surface area contributed by atoms with Crippen molar-refractivity contribution >= 4 is 29.2 Å². The van der Waals surface area contributed by atoms with E-state index in [-0.39, 0.29) is 10.7 Å². The van der Waals surface area contributed by atoms with Gasteiger partial charge in [0.25, 0.3) is 5.91 Å². The molecule has 0 aliphatic rings. The van der Waals surface area contributed by atoms with Gasteiger partial charge in [0.05, 0.1) is 5.69 Å². The lowest BCUT2D eigenvalue weighted by atomic mass is 10.2. The lowest BCUT2D eigenvalue weighted by molar-refractivity contribution is -0.123. The zero-order valence-corrected chi connectivity index (χ0v) is 12.9. The van der Waals surface area contributed by atoms with E-state index in [4.69, 9.17) is 16.3 Å². The molecule has 126 valence electrons. The molecule has 1 heterocycles. The fourth-order valence-corrected chi connectivity index (χ4v) is 1.81. The first kappa shape index (κ1) is 17.7. The number of pyridine rings is 1. The van der Waals surface area contributed by atoms with Crippen molar-refractivity contribution < 1.29 is 27.5 Å². The largest absolute Gasteiger partial charge is 0.448 e. The molecule has 1 aromatic heterocycles. The normalized spacial score (nSPS) is 11.7. The first-order chi connectivity index (χ1) is 11.3. The molecule has 0 aliphatic carbocycles. The number of carbonyl (C=O) groups excluding carboxylic acids is 2. The van der Waals surface area contributed by atoms with E-state index in [0.29, 0.717) is 6.07 Å². The standard InChI is InChI=1S/C15H10ClF3N2O3/c1-7(24-15(23)11-6-8(16)4-5-20-11)14(22)21-10-3-2-9(17)12(18)13(10)19/h2-7H,1H3,(H,21,22)/t7-/m0/s1. The number of aromatic nitrogens is 1. The minimum atomic E-state index is -1.72. The van der Waals surface area contributed by atoms with Crippen LogP contribution in [0.5, 0.6) is 0 Å². The molecule has 1 aromatic carbocycles. The van der Waals surface area contributed by atoms with Gasteiger partial charge >= 0.3 is 5.97 Å². The molecule has 24 heavy (non-hydrogen) atoms. The van der Waals surface area contributed by atoms with Crippen molar-refractivity contribution in [2.24, 2.45) is 0 Å². The van der Waals surface area contributed by atoms with E-state index < -0.39 is 41.1 Å². The minimum absolute atomic E-state index is 0.124. The average Bonchev–Trinajstić information content (AvgIpc) is 2.55. The number of nitrogens with zero attached hydrogens (tertiary/aromatic N) is 1. The molecule has 9 heteroatoms. The number of hydrogen-bond acceptors (Lipinski definition) is 4. The molecular weight excluding hydrogens is 349 g/mol. The van der Waals surface area contributed by atoms with Crippen LogP contribution in [0.2, 0.25) is 5.02 Å². The van der Waals surface area contributed by atoms with Gasteiger partial charge in [-0.1, -0.05) is 11.6 Å². The molecule has 1 N–H and O–H groups in total. The summed E-state index contributed by atoms with van der Waals surface area (Å²) in [4.78, 5) is 27.4. The van der Waals surface area contributed by atoms with Gasteiger partial charge in [-0.3, -0.25) is 4.79 Å². The first-order valence-corrected chi connectivity index (χ1v) is 6.94. The van der Waals surface area contributed by atoms with Gasteiger partial charge in [-0.25, -0.2) is 22.9 Å². The summed E-state index contributed by atoms with van der Waals surface area (Å²) < 4.78 is 44.3. The van der Waals surface area contributed by atoms with Gasteiger partial charge in [-0.15, -0.1) is 0 Å². The summed E-state index contributed by atoms with van der Waals surface area (Å²) in [6.45, 7) is 1.22. The fourth-order valence-electron chi connectivity index (χ4n) is 1.65. The predicted octanol–water partition coefficient (Wildman–Crippen LogP) is 3.34. The quantitative estimate of drug-likeness (QED) is 0.672. The number of halogens is 4. The van der Waals surface area contributed by atoms with Crippen LogP contribution in [0.25, 0.3) is 0 Å². The zero-order valence-electron chi connectivity index (χ0n) is 12.1. The van der Waals surface area contributed by atoms with Gasteiger partial charge in [0.1, 0.15) is 5.69 Å². The highest BCUT2D eigenvalue weighted by molar-refractivity contribution is 6.30. The molecule has 0 radical (unpaired) electrons. The summed E-state index contributed by atoms with van der Waals surface area (Å²) in [5, 5.41) is 2.25. The topological polar surface area (TPSA) is 68.3 Å². The predicted molar refractivity (Wildman–Crippen MR) is 79.1 cm³/mol. The van der Waals surface area contributed by atoms with Gasteiger partial charge in [0.2, 0.25) is 0 Å². The van der Waals surface area contributed by atoms with Crippen LogP contribution >= 0.6 is 11.6 Å². The molecule has 2 rings (SSSR count). The lowest BCUT2D eigenvalue weighted by Gasteiger charge is -2.14. The molecule has 0 saturated heterocycles. The van der Waals surface area contributed by atoms with Crippen molar-refractivity contribution in [1.29, 1.82) is 0 Å². The molecule has 0 aliphatic heterocycles. The fraction of sp³-hybridized carbons (Fsp3) is 0.133. The number of amides is 1. The van der Waals surface area contributed by atoms with Crippen LogP contribution in [0.15, 0.2) is 30.5 Å². The van der Waals surface area contributed by atoms with E-state index in [1.165, 1.54) is 25.3 Å². The highest BCUT2D eigenvalue weighted by Gasteiger charge is 2.22. The minimum Gasteiger partial charge on any atom is -0.448 e. The van der Waals surface area contributed by atoms with Gasteiger partial charge in [-0.2, -0.15) is 0 Å². The maximum Gasteiger partial charge on any atom is 0.357 e. The van der Waals surface area contributed by atoms with E-state index >= 15 is 0 Å². The lowest BCUT2D eigenvalue weighted by Crippen LogP contribution is -2.30. The van der Waals surface area contributed by atoms with Crippen molar-refractivity contribution in [3.05, 3.63) is 58.6 Å². The molecular formula is C15H10ClF3N2O3. The Labute approximate surface area is 139 Å². The summed E-state index contributed by atoms with van der Waals surface area (Å²) in [5.74, 6) is -6.53. The Bertz CT molecular complexity index is 802. The van der Waals surface area contributed by atoms with Crippen LogP contribution in [0, 0.1) is 17.5 Å². The smallest absolute Gasteiger partial charge is 0.357 e. The molecule has 0 spiro atoms. The number of ether oxygens (including phenoxy) is 1. The zero-order chi connectivity index (χ0) is 17.9. The summed E-state index contributed by atoms with van der Waals surface area (Å²) in [5.41, 5.74) is -0.705. The summed E-state index contributed by atoms with van der Waals surface area (Å²) >= 11 is 5.71. The summed E-state index contributed by atoms with van der Waals surface area (Å²) in [7, 11) is 0. The van der Waals surface area contributed by atoms with E-state index in [2.05, 4.69) is 4.98 Å². The molecule has 0 saturated carbocycles. The first-order valence-electron chi connectivity index (χ1n) is 6.56. The SMILES string of the molecule is C[C@H](OC(=O)c1cc(Cl)ccn1)C(=O)Nc1ccc(F)c(F)c1F. The van der Waals surface area contributed by atoms with Crippen molar-refractivity contribution in [3.8, 4) is 0 Å². The van der Waals surface area contributed by atoms with Crippen molar-refractivity contribution in [1.82, 2.24) is 4.98 Å². The number of rotatable bonds is 4. The monoisotopic (exact) mass is 358 g/mol. The van der Waals surface area contributed by atoms with Gasteiger partial charge in [0, 0.05) is 11.2 Å². The molecule has 1 amide bonds. The molecule has 0 bridgehead atoms. The second kappa shape index (κ2) is 7.31. The number of esters is 1. The Kier molecular flexibility index (Phi) is 5.40. The van der Waals surface area contributed by atoms with E-state index in [1.807, 2.05) is 5.32 Å². The summed E-state index contributed by atoms with van der Waals surface area (Å²) in [6.07, 6.45) is -0.0637. The second-order valence-corrected chi connectivity index (χ2v) is 5.06. The third-order valence-electron chi connectivity index (χ3n) is 2.88. The van der Waals surface area contributed by atoms with Crippen molar-refractivity contribution in [2.45, 2.75) is 13.0 Å². The Hall–Kier alpha value is -2.61. The maximum atomic E-state index is 13.5. The maximum absolute atomic E-state index is 13.5. The molecule has 0 fully saturated rings. The van der Waals surface area contributed by atoms with Crippen molar-refractivity contribution in [3.63, 3.8) is 0 Å². The van der Waals surface area contributed by atoms with E-state index in [0.717, 1.165) is 6.07 Å². The van der Waals surface area contributed by atoms with Crippen LogP contribution in [-0.2, 0) is 9.53 Å². The Balaban J connectivity index is 2.05. The summed E-state index contributed by atoms with van der Waals surface area (Å²) in [6, 6.07) is 4.18. The van der Waals surface area contributed by atoms with E-state index in [1.54, 1.807) is 0 Å². The van der Waals surface area contributed by atoms with Crippen LogP contribution in [0.4, 0.5) is 18.9 Å². The van der Waals surface area contributed by atoms with Crippen LogP contribution in [0.3, 0.4) is 0 Å². The van der Waals surface area contributed by atoms with Crippen LogP contribution in [0.1, 0.15) is 17.4 Å². The highest BCUT2D eigenvalue weighted by Crippen LogP contribution is 2.20. The number of benzene rings is 1. The number of anilines is 1. The molecule has 2 aromatic rings. The van der Waals surface area contributed by atoms with E-state index in [9.17, 15) is 22.8 Å². The number of hydrogen-bond donors (Lipinski definition) is 1. The Morgan fingerprint density at radius 3 is 2.58 bits per heavy atom. The number of nitrogens with one attached hydrogen (secondary N) is 1. The molecule has 5 nitrogen and oxygen atoms in total. The Morgan fingerprint density at radius 2 is 1.92 bits per heavy atom. The van der Waals surface area contributed by atoms with Gasteiger partial charge in [-0.05, 0) is 31.2 Å². The van der Waals surface area contributed by atoms with Crippen molar-refractivity contribution in [2.75, 3.05) is 5.32 Å². The third-order valence-corrected chi connectivity index (χ3v) is 3.11. The number of carbonyl (C=O) groups is 2. The third kappa shape index (κ3) is 4.02. The van der Waals surface area contributed by atoms with Crippen LogP contribution < -0.4 is 5.32 Å². The van der Waals surface area contributed by atoms with Gasteiger partial charge in [0.15, 0.2) is 23.6 Å². The van der Waals surface area contributed by atoms with Gasteiger partial charge < -0.3 is 10.1 Å².